The van der Waals surface area contributed by atoms with Gasteiger partial charge in [-0.15, -0.1) is 0 Å². The topological polar surface area (TPSA) is 46.2 Å². The van der Waals surface area contributed by atoms with Crippen LogP contribution in [0, 0.1) is 11.8 Å². The first-order chi connectivity index (χ1) is 5.70. The number of aliphatic hydroxyl groups excluding tert-OH is 1. The second-order valence-electron chi connectivity index (χ2n) is 3.89. The van der Waals surface area contributed by atoms with E-state index in [9.17, 15) is 0 Å². The average Bonchev–Trinajstić information content (AvgIpc) is 2.04. The SMILES string of the molecule is CC(CN)CCCC(C)CCO. The third-order valence-corrected chi connectivity index (χ3v) is 2.42. The molecule has 0 heterocycles. The summed E-state index contributed by atoms with van der Waals surface area (Å²) >= 11 is 0. The van der Waals surface area contributed by atoms with Crippen LogP contribution in [0.2, 0.25) is 0 Å². The Balaban J connectivity index is 3.18. The van der Waals surface area contributed by atoms with Crippen molar-refractivity contribution < 1.29 is 5.11 Å². The summed E-state index contributed by atoms with van der Waals surface area (Å²) in [6.45, 7) is 5.52. The average molecular weight is 173 g/mol. The van der Waals surface area contributed by atoms with Crippen LogP contribution >= 0.6 is 0 Å². The van der Waals surface area contributed by atoms with Gasteiger partial charge in [-0.05, 0) is 31.2 Å². The summed E-state index contributed by atoms with van der Waals surface area (Å²) in [5, 5.41) is 8.67. The van der Waals surface area contributed by atoms with Crippen molar-refractivity contribution in [2.24, 2.45) is 17.6 Å². The quantitative estimate of drug-likeness (QED) is 0.616. The Morgan fingerprint density at radius 1 is 1.08 bits per heavy atom. The third kappa shape index (κ3) is 6.62. The van der Waals surface area contributed by atoms with Crippen molar-refractivity contribution in [3.8, 4) is 0 Å². The van der Waals surface area contributed by atoms with Gasteiger partial charge in [0.15, 0.2) is 0 Å². The molecule has 0 fully saturated rings. The van der Waals surface area contributed by atoms with E-state index in [1.165, 1.54) is 19.3 Å². The highest BCUT2D eigenvalue weighted by molar-refractivity contribution is 4.57. The molecule has 3 N–H and O–H groups in total. The van der Waals surface area contributed by atoms with Gasteiger partial charge in [0.25, 0.3) is 0 Å². The maximum atomic E-state index is 8.67. The summed E-state index contributed by atoms with van der Waals surface area (Å²) in [5.41, 5.74) is 5.51. The fourth-order valence-electron chi connectivity index (χ4n) is 1.30. The van der Waals surface area contributed by atoms with Gasteiger partial charge in [0, 0.05) is 6.61 Å². The van der Waals surface area contributed by atoms with E-state index >= 15 is 0 Å². The minimum Gasteiger partial charge on any atom is -0.396 e. The van der Waals surface area contributed by atoms with Crippen LogP contribution in [-0.4, -0.2) is 18.3 Å². The van der Waals surface area contributed by atoms with Crippen molar-refractivity contribution >= 4 is 0 Å². The molecule has 0 aromatic heterocycles. The van der Waals surface area contributed by atoms with E-state index in [-0.39, 0.29) is 0 Å². The number of hydrogen-bond donors (Lipinski definition) is 2. The first kappa shape index (κ1) is 11.9. The lowest BCUT2D eigenvalue weighted by atomic mass is 9.97. The second kappa shape index (κ2) is 7.56. The zero-order chi connectivity index (χ0) is 9.40. The molecule has 0 aromatic rings. The summed E-state index contributed by atoms with van der Waals surface area (Å²) in [6, 6.07) is 0. The lowest BCUT2D eigenvalue weighted by Crippen LogP contribution is -2.10. The molecule has 0 aliphatic carbocycles. The maximum Gasteiger partial charge on any atom is 0.0433 e. The van der Waals surface area contributed by atoms with Crippen molar-refractivity contribution in [2.45, 2.75) is 39.5 Å². The van der Waals surface area contributed by atoms with E-state index in [4.69, 9.17) is 10.8 Å². The Bertz CT molecular complexity index is 95.8. The van der Waals surface area contributed by atoms with Crippen LogP contribution in [0.25, 0.3) is 0 Å². The molecule has 2 nitrogen and oxygen atoms in total. The molecule has 0 amide bonds. The minimum atomic E-state index is 0.327. The van der Waals surface area contributed by atoms with Gasteiger partial charge in [-0.3, -0.25) is 0 Å². The van der Waals surface area contributed by atoms with E-state index in [0.717, 1.165) is 13.0 Å². The molecule has 2 atom stereocenters. The molecule has 0 saturated heterocycles. The first-order valence-corrected chi connectivity index (χ1v) is 5.01. The fourth-order valence-corrected chi connectivity index (χ4v) is 1.30. The Morgan fingerprint density at radius 2 is 1.67 bits per heavy atom. The molecule has 0 radical (unpaired) electrons. The van der Waals surface area contributed by atoms with Crippen LogP contribution in [-0.2, 0) is 0 Å². The Hall–Kier alpha value is -0.0800. The smallest absolute Gasteiger partial charge is 0.0433 e. The van der Waals surface area contributed by atoms with Gasteiger partial charge in [0.1, 0.15) is 0 Å². The summed E-state index contributed by atoms with van der Waals surface area (Å²) in [5.74, 6) is 1.33. The molecule has 0 spiro atoms. The zero-order valence-electron chi connectivity index (χ0n) is 8.42. The van der Waals surface area contributed by atoms with Crippen LogP contribution in [0.5, 0.6) is 0 Å². The molecule has 0 bridgehead atoms. The third-order valence-electron chi connectivity index (χ3n) is 2.42. The largest absolute Gasteiger partial charge is 0.396 e. The highest BCUT2D eigenvalue weighted by Gasteiger charge is 2.03. The fraction of sp³-hybridized carbons (Fsp3) is 1.00. The molecule has 0 rings (SSSR count). The van der Waals surface area contributed by atoms with Crippen LogP contribution in [0.3, 0.4) is 0 Å². The predicted molar refractivity (Wildman–Crippen MR) is 52.9 cm³/mol. The van der Waals surface area contributed by atoms with E-state index in [0.29, 0.717) is 18.4 Å². The number of nitrogens with two attached hydrogens (primary N) is 1. The monoisotopic (exact) mass is 173 g/mol. The van der Waals surface area contributed by atoms with Gasteiger partial charge in [0.05, 0.1) is 0 Å². The highest BCUT2D eigenvalue weighted by Crippen LogP contribution is 2.14. The molecule has 0 saturated carbocycles. The normalized spacial score (nSPS) is 16.0. The van der Waals surface area contributed by atoms with Crippen LogP contribution in [0.15, 0.2) is 0 Å². The Kier molecular flexibility index (Phi) is 7.51. The lowest BCUT2D eigenvalue weighted by Gasteiger charge is -2.11. The zero-order valence-corrected chi connectivity index (χ0v) is 8.42. The Morgan fingerprint density at radius 3 is 2.17 bits per heavy atom. The number of rotatable bonds is 7. The van der Waals surface area contributed by atoms with Crippen molar-refractivity contribution in [1.82, 2.24) is 0 Å². The van der Waals surface area contributed by atoms with Crippen molar-refractivity contribution in [3.05, 3.63) is 0 Å². The van der Waals surface area contributed by atoms with Gasteiger partial charge in [-0.25, -0.2) is 0 Å². The van der Waals surface area contributed by atoms with Gasteiger partial charge in [-0.2, -0.15) is 0 Å². The molecule has 0 aromatic carbocycles. The van der Waals surface area contributed by atoms with Gasteiger partial charge in [0.2, 0.25) is 0 Å². The van der Waals surface area contributed by atoms with Gasteiger partial charge in [-0.1, -0.05) is 26.7 Å². The summed E-state index contributed by atoms with van der Waals surface area (Å²) in [6.07, 6.45) is 4.65. The van der Waals surface area contributed by atoms with Crippen molar-refractivity contribution in [1.29, 1.82) is 0 Å². The van der Waals surface area contributed by atoms with E-state index in [2.05, 4.69) is 13.8 Å². The van der Waals surface area contributed by atoms with Gasteiger partial charge < -0.3 is 10.8 Å². The van der Waals surface area contributed by atoms with Crippen LogP contribution < -0.4 is 5.73 Å². The second-order valence-corrected chi connectivity index (χ2v) is 3.89. The van der Waals surface area contributed by atoms with Gasteiger partial charge >= 0.3 is 0 Å². The minimum absolute atomic E-state index is 0.327. The molecule has 74 valence electrons. The molecule has 12 heavy (non-hydrogen) atoms. The first-order valence-electron chi connectivity index (χ1n) is 5.01. The molecule has 0 aliphatic rings. The van der Waals surface area contributed by atoms with Crippen LogP contribution in [0.1, 0.15) is 39.5 Å². The lowest BCUT2D eigenvalue weighted by molar-refractivity contribution is 0.255. The van der Waals surface area contributed by atoms with E-state index < -0.39 is 0 Å². The predicted octanol–water partition coefficient (Wildman–Crippen LogP) is 1.77. The summed E-state index contributed by atoms with van der Waals surface area (Å²) < 4.78 is 0. The van der Waals surface area contributed by atoms with Crippen molar-refractivity contribution in [2.75, 3.05) is 13.2 Å². The molecule has 0 aliphatic heterocycles. The Labute approximate surface area is 76.2 Å². The summed E-state index contributed by atoms with van der Waals surface area (Å²) in [7, 11) is 0. The number of hydrogen-bond acceptors (Lipinski definition) is 2. The van der Waals surface area contributed by atoms with E-state index in [1.807, 2.05) is 0 Å². The van der Waals surface area contributed by atoms with Crippen molar-refractivity contribution in [3.63, 3.8) is 0 Å². The number of aliphatic hydroxyl groups is 1. The molecular weight excluding hydrogens is 150 g/mol. The standard InChI is InChI=1S/C10H23NO/c1-9(6-7-12)4-3-5-10(2)8-11/h9-10,12H,3-8,11H2,1-2H3. The van der Waals surface area contributed by atoms with E-state index in [1.54, 1.807) is 0 Å². The molecule has 2 unspecified atom stereocenters. The maximum absolute atomic E-state index is 8.67. The summed E-state index contributed by atoms with van der Waals surface area (Å²) in [4.78, 5) is 0. The molecule has 2 heteroatoms. The van der Waals surface area contributed by atoms with Crippen LogP contribution in [0.4, 0.5) is 0 Å². The molecular formula is C10H23NO. The highest BCUT2D eigenvalue weighted by atomic mass is 16.3.